The number of allylic oxidation sites excluding steroid dienone is 4. The van der Waals surface area contributed by atoms with Gasteiger partial charge in [0.2, 0.25) is 0 Å². The van der Waals surface area contributed by atoms with Crippen LogP contribution < -0.4 is 74.2 Å². The Balaban J connectivity index is -0.000000222. The number of carbonyl (C=O) groups excluding carboxylic acids is 2. The first-order valence-electron chi connectivity index (χ1n) is 20.1. The van der Waals surface area contributed by atoms with E-state index in [1.54, 1.807) is 0 Å². The van der Waals surface area contributed by atoms with E-state index in [1.165, 1.54) is 128 Å². The summed E-state index contributed by atoms with van der Waals surface area (Å²) in [6, 6.07) is -0.993. The maximum Gasteiger partial charge on any atom is 1.00 e. The molecule has 0 amide bonds. The Kier molecular flexibility index (Phi) is 62.7. The van der Waals surface area contributed by atoms with Gasteiger partial charge in [-0.25, -0.2) is 4.84 Å². The summed E-state index contributed by atoms with van der Waals surface area (Å²) in [5, 5.41) is 36.9. The van der Waals surface area contributed by atoms with Crippen molar-refractivity contribution in [2.24, 2.45) is 0 Å². The Labute approximate surface area is 373 Å². The molecule has 0 aromatic rings. The topological polar surface area (TPSA) is 167 Å². The van der Waals surface area contributed by atoms with Gasteiger partial charge in [0, 0.05) is 18.4 Å². The van der Waals surface area contributed by atoms with E-state index in [2.05, 4.69) is 38.2 Å². The molecule has 0 saturated heterocycles. The molecule has 53 heavy (non-hydrogen) atoms. The Bertz CT molecular complexity index is 812. The molecule has 0 radical (unpaired) electrons. The molecule has 0 aromatic heterocycles. The summed E-state index contributed by atoms with van der Waals surface area (Å²) < 4.78 is 0. The first-order chi connectivity index (χ1) is 24.6. The van der Waals surface area contributed by atoms with Crippen molar-refractivity contribution < 1.29 is 98.7 Å². The normalized spacial score (nSPS) is 11.1. The van der Waals surface area contributed by atoms with Crippen LogP contribution in [-0.4, -0.2) is 40.1 Å². The molecule has 12 heteroatoms. The van der Waals surface area contributed by atoms with Gasteiger partial charge >= 0.3 is 71.1 Å². The Morgan fingerprint density at radius 3 is 1.04 bits per heavy atom. The Morgan fingerprint density at radius 2 is 0.792 bits per heavy atom. The third-order valence-electron chi connectivity index (χ3n) is 8.36. The Hall–Kier alpha value is -0.390. The van der Waals surface area contributed by atoms with E-state index in [0.717, 1.165) is 38.5 Å². The van der Waals surface area contributed by atoms with Crippen LogP contribution in [0.5, 0.6) is 0 Å². The van der Waals surface area contributed by atoms with Crippen molar-refractivity contribution in [3.63, 3.8) is 0 Å². The van der Waals surface area contributed by atoms with Gasteiger partial charge in [-0.05, 0) is 95.2 Å². The van der Waals surface area contributed by atoms with Crippen molar-refractivity contribution in [1.29, 1.82) is 0 Å². The molecule has 1 atom stereocenters. The molecule has 0 aromatic carbocycles. The minimum Gasteiger partial charge on any atom is -0.550 e. The standard InChI is InChI=1S/2C18H34O2.C5H8ClNO4.2Na/c2*1-2-3-4-5-6-7-8-9-10-11-12-13-14-15-16-17-18(19)20;6-7-3(5(10)11)1-2-4(8)9;;/h2*9-10H,2-8,11-17H2,1H3,(H,19,20);3,7H,1-2H2,(H,8,9)(H,10,11);;/q;;;2*+1/p-2/b2*10-9-;;;/t;;3-;;/m..0../s1. The third kappa shape index (κ3) is 63.8. The van der Waals surface area contributed by atoms with Gasteiger partial charge in [0.1, 0.15) is 6.04 Å². The van der Waals surface area contributed by atoms with Gasteiger partial charge in [0.25, 0.3) is 0 Å². The van der Waals surface area contributed by atoms with Gasteiger partial charge in [0.05, 0.1) is 0 Å². The van der Waals surface area contributed by atoms with Crippen molar-refractivity contribution in [3.8, 4) is 0 Å². The van der Waals surface area contributed by atoms with E-state index in [1.807, 2.05) is 4.84 Å². The second-order valence-electron chi connectivity index (χ2n) is 13.3. The summed E-state index contributed by atoms with van der Waals surface area (Å²) in [4.78, 5) is 42.6. The van der Waals surface area contributed by atoms with Crippen molar-refractivity contribution in [2.45, 2.75) is 213 Å². The van der Waals surface area contributed by atoms with Gasteiger partial charge < -0.3 is 30.0 Å². The molecule has 0 bridgehead atoms. The van der Waals surface area contributed by atoms with Crippen molar-refractivity contribution in [3.05, 3.63) is 24.3 Å². The van der Waals surface area contributed by atoms with Crippen molar-refractivity contribution >= 4 is 35.7 Å². The number of carboxylic acid groups (broad SMARTS) is 4. The number of halogens is 1. The number of nitrogens with one attached hydrogen (secondary N) is 1. The van der Waals surface area contributed by atoms with Crippen LogP contribution in [0.15, 0.2) is 24.3 Å². The van der Waals surface area contributed by atoms with Crippen LogP contribution in [0.3, 0.4) is 0 Å². The number of rotatable bonds is 35. The minimum atomic E-state index is -1.15. The maximum absolute atomic E-state index is 10.2. The van der Waals surface area contributed by atoms with Crippen LogP contribution in [0.1, 0.15) is 206 Å². The van der Waals surface area contributed by atoms with E-state index in [9.17, 15) is 29.4 Å². The third-order valence-corrected chi connectivity index (χ3v) is 8.63. The van der Waals surface area contributed by atoms with Gasteiger partial charge in [0.15, 0.2) is 0 Å². The number of hydrogen-bond donors (Lipinski definition) is 3. The molecule has 0 aliphatic rings. The molecule has 0 rings (SSSR count). The second kappa shape index (κ2) is 53.7. The molecule has 0 saturated carbocycles. The maximum atomic E-state index is 10.2. The van der Waals surface area contributed by atoms with Crippen molar-refractivity contribution in [1.82, 2.24) is 4.84 Å². The molecule has 0 aliphatic heterocycles. The van der Waals surface area contributed by atoms with Gasteiger partial charge in [-0.15, -0.1) is 0 Å². The fraction of sp³-hybridized carbons (Fsp3) is 0.805. The SMILES string of the molecule is CCCCCCCC/C=C\CCCCCCCC(=O)[O-].CCCCCCCC/C=C\CCCCCCCC(=O)[O-].O=C(O)CC[C@H](NCl)C(=O)O.[Na+].[Na+]. The van der Waals surface area contributed by atoms with Crippen LogP contribution in [0.2, 0.25) is 0 Å². The predicted octanol–water partition coefficient (Wildman–Crippen LogP) is 3.60. The fourth-order valence-electron chi connectivity index (χ4n) is 5.17. The first-order valence-corrected chi connectivity index (χ1v) is 20.5. The number of aliphatic carboxylic acids is 4. The molecule has 0 spiro atoms. The predicted molar refractivity (Wildman–Crippen MR) is 206 cm³/mol. The Morgan fingerprint density at radius 1 is 0.509 bits per heavy atom. The molecule has 3 N–H and O–H groups in total. The van der Waals surface area contributed by atoms with E-state index in [4.69, 9.17) is 22.0 Å². The number of carbonyl (C=O) groups is 4. The molecular weight excluding hydrogens is 716 g/mol. The smallest absolute Gasteiger partial charge is 0.550 e. The minimum absolute atomic E-state index is 0. The molecule has 0 aliphatic carbocycles. The van der Waals surface area contributed by atoms with Crippen LogP contribution in [0.25, 0.3) is 0 Å². The molecule has 0 unspecified atom stereocenters. The zero-order chi connectivity index (χ0) is 38.6. The molecular formula is C41H74ClNNa2O8. The summed E-state index contributed by atoms with van der Waals surface area (Å²) in [5.74, 6) is -4.02. The number of hydrogen-bond acceptors (Lipinski definition) is 7. The summed E-state index contributed by atoms with van der Waals surface area (Å²) in [6.07, 6.45) is 41.6. The largest absolute Gasteiger partial charge is 1.00 e. The van der Waals surface area contributed by atoms with Crippen LogP contribution >= 0.6 is 11.8 Å². The van der Waals surface area contributed by atoms with E-state index in [-0.39, 0.29) is 84.8 Å². The van der Waals surface area contributed by atoms with Crippen LogP contribution in [-0.2, 0) is 19.2 Å². The quantitative estimate of drug-likeness (QED) is 0.0377. The number of unbranched alkanes of at least 4 members (excludes halogenated alkanes) is 22. The molecule has 0 heterocycles. The summed E-state index contributed by atoms with van der Waals surface area (Å²) in [5.41, 5.74) is 0. The second-order valence-corrected chi connectivity index (χ2v) is 13.6. The molecule has 0 fully saturated rings. The molecule has 300 valence electrons. The van der Waals surface area contributed by atoms with Crippen LogP contribution in [0.4, 0.5) is 0 Å². The summed E-state index contributed by atoms with van der Waals surface area (Å²) in [7, 11) is 0. The zero-order valence-corrected chi connectivity index (χ0v) is 39.1. The van der Waals surface area contributed by atoms with Crippen molar-refractivity contribution in [2.75, 3.05) is 0 Å². The monoisotopic (exact) mass is 789 g/mol. The summed E-state index contributed by atoms with van der Waals surface area (Å²) >= 11 is 5.02. The summed E-state index contributed by atoms with van der Waals surface area (Å²) in [6.45, 7) is 4.51. The average molecular weight is 790 g/mol. The van der Waals surface area contributed by atoms with E-state index in [0.29, 0.717) is 0 Å². The van der Waals surface area contributed by atoms with Gasteiger partial charge in [-0.2, -0.15) is 0 Å². The first kappa shape index (κ1) is 61.8. The van der Waals surface area contributed by atoms with Gasteiger partial charge in [-0.1, -0.05) is 141 Å². The fourth-order valence-corrected chi connectivity index (χ4v) is 5.38. The van der Waals surface area contributed by atoms with E-state index < -0.39 is 29.9 Å². The zero-order valence-electron chi connectivity index (χ0n) is 34.3. The van der Waals surface area contributed by atoms with E-state index >= 15 is 0 Å². The molecule has 9 nitrogen and oxygen atoms in total. The average Bonchev–Trinajstić information content (AvgIpc) is 3.08. The number of carboxylic acids is 4. The van der Waals surface area contributed by atoms with Crippen LogP contribution in [0, 0.1) is 0 Å². The van der Waals surface area contributed by atoms with Gasteiger partial charge in [-0.3, -0.25) is 9.59 Å².